The van der Waals surface area contributed by atoms with Crippen molar-refractivity contribution in [1.29, 1.82) is 5.41 Å². The molecule has 0 saturated heterocycles. The molecule has 0 aliphatic carbocycles. The summed E-state index contributed by atoms with van der Waals surface area (Å²) >= 11 is 5.90. The van der Waals surface area contributed by atoms with E-state index in [1.54, 1.807) is 18.2 Å². The maximum absolute atomic E-state index is 7.75. The smallest absolute Gasteiger partial charge is 0.279 e. The van der Waals surface area contributed by atoms with Crippen LogP contribution in [0.3, 0.4) is 0 Å². The summed E-state index contributed by atoms with van der Waals surface area (Å²) in [5.74, 6) is -0.817. The van der Waals surface area contributed by atoms with Crippen LogP contribution in [0.15, 0.2) is 18.2 Å². The Morgan fingerprint density at radius 2 is 2.00 bits per heavy atom. The van der Waals surface area contributed by atoms with Crippen molar-refractivity contribution in [3.63, 3.8) is 0 Å². The van der Waals surface area contributed by atoms with Crippen molar-refractivity contribution in [3.05, 3.63) is 34.3 Å². The minimum Gasteiger partial charge on any atom is -0.332 e. The lowest BCUT2D eigenvalue weighted by Crippen LogP contribution is -2.42. The summed E-state index contributed by atoms with van der Waals surface area (Å²) in [4.78, 5) is 0. The van der Waals surface area contributed by atoms with Crippen LogP contribution >= 0.6 is 11.6 Å². The largest absolute Gasteiger partial charge is 0.332 e. The molecule has 1 aromatic carbocycles. The zero-order chi connectivity index (χ0) is 11.1. The fourth-order valence-electron chi connectivity index (χ4n) is 1.71. The Hall–Kier alpha value is -1.10. The fraction of sp³-hybridized carbons (Fsp3) is 0.300. The highest BCUT2D eigenvalue weighted by molar-refractivity contribution is 6.30. The van der Waals surface area contributed by atoms with E-state index in [0.29, 0.717) is 5.02 Å². The summed E-state index contributed by atoms with van der Waals surface area (Å²) < 4.78 is 10.5. The standard InChI is InChI=1S/C10H11ClN2O2/c1-14-10(15-2)8-5-6(11)3-4-7(8)9(12)13-10/h3-5H,1-2H3,(H2,12,13). The van der Waals surface area contributed by atoms with Crippen molar-refractivity contribution < 1.29 is 9.47 Å². The molecule has 2 N–H and O–H groups in total. The van der Waals surface area contributed by atoms with Crippen molar-refractivity contribution >= 4 is 17.4 Å². The summed E-state index contributed by atoms with van der Waals surface area (Å²) in [6.45, 7) is 0. The molecule has 1 aromatic rings. The average molecular weight is 227 g/mol. The summed E-state index contributed by atoms with van der Waals surface area (Å²) in [7, 11) is 3.03. The molecule has 1 heterocycles. The molecule has 80 valence electrons. The van der Waals surface area contributed by atoms with Gasteiger partial charge in [0.1, 0.15) is 5.84 Å². The molecule has 0 saturated carbocycles. The number of nitrogens with one attached hydrogen (secondary N) is 2. The number of halogens is 1. The third-order valence-corrected chi connectivity index (χ3v) is 2.71. The second-order valence-corrected chi connectivity index (χ2v) is 3.65. The molecule has 0 radical (unpaired) electrons. The van der Waals surface area contributed by atoms with Crippen molar-refractivity contribution in [1.82, 2.24) is 5.32 Å². The summed E-state index contributed by atoms with van der Waals surface area (Å²) in [6.07, 6.45) is 0. The molecule has 5 heteroatoms. The Balaban J connectivity index is 2.61. The summed E-state index contributed by atoms with van der Waals surface area (Å²) in [5.41, 5.74) is 1.47. The Morgan fingerprint density at radius 1 is 1.33 bits per heavy atom. The number of rotatable bonds is 2. The SMILES string of the molecule is COC1(OC)NC(=N)c2ccc(Cl)cc21. The first-order valence-electron chi connectivity index (χ1n) is 4.40. The van der Waals surface area contributed by atoms with Gasteiger partial charge in [-0.25, -0.2) is 0 Å². The van der Waals surface area contributed by atoms with Gasteiger partial charge in [-0.1, -0.05) is 11.6 Å². The zero-order valence-corrected chi connectivity index (χ0v) is 9.18. The van der Waals surface area contributed by atoms with Crippen molar-refractivity contribution in [2.75, 3.05) is 14.2 Å². The quantitative estimate of drug-likeness (QED) is 0.755. The maximum Gasteiger partial charge on any atom is 0.279 e. The Kier molecular flexibility index (Phi) is 2.42. The van der Waals surface area contributed by atoms with Crippen molar-refractivity contribution in [3.8, 4) is 0 Å². The van der Waals surface area contributed by atoms with Gasteiger partial charge >= 0.3 is 0 Å². The summed E-state index contributed by atoms with van der Waals surface area (Å²) in [6, 6.07) is 5.24. The van der Waals surface area contributed by atoms with E-state index in [1.165, 1.54) is 14.2 Å². The molecule has 0 aromatic heterocycles. The number of ether oxygens (including phenoxy) is 2. The first-order valence-corrected chi connectivity index (χ1v) is 4.78. The fourth-order valence-corrected chi connectivity index (χ4v) is 1.88. The van der Waals surface area contributed by atoms with Crippen LogP contribution in [0.2, 0.25) is 5.02 Å². The van der Waals surface area contributed by atoms with E-state index < -0.39 is 5.91 Å². The van der Waals surface area contributed by atoms with Crippen LogP contribution in [-0.2, 0) is 15.4 Å². The number of fused-ring (bicyclic) bond motifs is 1. The second kappa shape index (κ2) is 3.48. The van der Waals surface area contributed by atoms with Gasteiger partial charge < -0.3 is 14.8 Å². The molecule has 15 heavy (non-hydrogen) atoms. The average Bonchev–Trinajstić information content (AvgIpc) is 2.52. The van der Waals surface area contributed by atoms with Crippen LogP contribution in [0.25, 0.3) is 0 Å². The predicted octanol–water partition coefficient (Wildman–Crippen LogP) is 1.67. The van der Waals surface area contributed by atoms with Gasteiger partial charge in [0.2, 0.25) is 0 Å². The number of hydrogen-bond acceptors (Lipinski definition) is 3. The Bertz CT molecular complexity index is 416. The topological polar surface area (TPSA) is 54.3 Å². The minimum atomic E-state index is -1.09. The predicted molar refractivity (Wildman–Crippen MR) is 57.1 cm³/mol. The van der Waals surface area contributed by atoms with Gasteiger partial charge in [-0.3, -0.25) is 5.41 Å². The van der Waals surface area contributed by atoms with E-state index in [4.69, 9.17) is 26.5 Å². The van der Waals surface area contributed by atoms with E-state index in [1.807, 2.05) is 0 Å². The normalized spacial score (nSPS) is 17.4. The third kappa shape index (κ3) is 1.42. The van der Waals surface area contributed by atoms with E-state index in [2.05, 4.69) is 5.32 Å². The third-order valence-electron chi connectivity index (χ3n) is 2.47. The molecule has 0 spiro atoms. The first-order chi connectivity index (χ1) is 7.13. The molecule has 0 unspecified atom stereocenters. The Morgan fingerprint density at radius 3 is 2.60 bits per heavy atom. The van der Waals surface area contributed by atoms with E-state index in [9.17, 15) is 0 Å². The lowest BCUT2D eigenvalue weighted by atomic mass is 10.1. The molecular weight excluding hydrogens is 216 g/mol. The number of benzene rings is 1. The van der Waals surface area contributed by atoms with E-state index in [0.717, 1.165) is 11.1 Å². The molecule has 1 aliphatic heterocycles. The van der Waals surface area contributed by atoms with Crippen molar-refractivity contribution in [2.24, 2.45) is 0 Å². The van der Waals surface area contributed by atoms with E-state index in [-0.39, 0.29) is 5.84 Å². The monoisotopic (exact) mass is 226 g/mol. The maximum atomic E-state index is 7.75. The highest BCUT2D eigenvalue weighted by Gasteiger charge is 2.42. The van der Waals surface area contributed by atoms with E-state index >= 15 is 0 Å². The lowest BCUT2D eigenvalue weighted by Gasteiger charge is -2.26. The van der Waals surface area contributed by atoms with Crippen LogP contribution in [0.4, 0.5) is 0 Å². The van der Waals surface area contributed by atoms with Gasteiger partial charge in [0, 0.05) is 30.4 Å². The highest BCUT2D eigenvalue weighted by atomic mass is 35.5. The second-order valence-electron chi connectivity index (χ2n) is 3.21. The molecule has 0 amide bonds. The molecule has 1 aliphatic rings. The van der Waals surface area contributed by atoms with Gasteiger partial charge in [-0.15, -0.1) is 0 Å². The highest BCUT2D eigenvalue weighted by Crippen LogP contribution is 2.34. The molecule has 2 rings (SSSR count). The van der Waals surface area contributed by atoms with Crippen LogP contribution in [0, 0.1) is 5.41 Å². The van der Waals surface area contributed by atoms with Crippen molar-refractivity contribution in [2.45, 2.75) is 5.91 Å². The molecule has 0 atom stereocenters. The Labute approximate surface area is 92.7 Å². The van der Waals surface area contributed by atoms with Crippen LogP contribution in [0.5, 0.6) is 0 Å². The molecule has 0 fully saturated rings. The lowest BCUT2D eigenvalue weighted by molar-refractivity contribution is -0.223. The van der Waals surface area contributed by atoms with Crippen LogP contribution in [-0.4, -0.2) is 20.1 Å². The molecule has 0 bridgehead atoms. The molecular formula is C10H11ClN2O2. The first kappa shape index (κ1) is 10.4. The van der Waals surface area contributed by atoms with Gasteiger partial charge in [0.25, 0.3) is 5.91 Å². The minimum absolute atomic E-state index is 0.269. The van der Waals surface area contributed by atoms with Gasteiger partial charge in [0.05, 0.1) is 0 Å². The number of amidine groups is 1. The van der Waals surface area contributed by atoms with Gasteiger partial charge in [-0.05, 0) is 18.2 Å². The van der Waals surface area contributed by atoms with Crippen LogP contribution in [0.1, 0.15) is 11.1 Å². The summed E-state index contributed by atoms with van der Waals surface area (Å²) in [5, 5.41) is 11.2. The molecule has 4 nitrogen and oxygen atoms in total. The van der Waals surface area contributed by atoms with Gasteiger partial charge in [0.15, 0.2) is 0 Å². The number of hydrogen-bond donors (Lipinski definition) is 2. The van der Waals surface area contributed by atoms with Crippen LogP contribution < -0.4 is 5.32 Å². The zero-order valence-electron chi connectivity index (χ0n) is 8.43. The van der Waals surface area contributed by atoms with Gasteiger partial charge in [-0.2, -0.15) is 0 Å². The number of methoxy groups -OCH3 is 2.